The van der Waals surface area contributed by atoms with Gasteiger partial charge in [-0.05, 0) is 37.2 Å². The second-order valence-corrected chi connectivity index (χ2v) is 8.81. The van der Waals surface area contributed by atoms with Crippen molar-refractivity contribution in [3.05, 3.63) is 16.3 Å². The molecule has 0 amide bonds. The van der Waals surface area contributed by atoms with E-state index in [0.29, 0.717) is 0 Å². The van der Waals surface area contributed by atoms with E-state index in [2.05, 4.69) is 16.7 Å². The second-order valence-electron chi connectivity index (χ2n) is 7.73. The van der Waals surface area contributed by atoms with Crippen LogP contribution in [0.3, 0.4) is 0 Å². The Balaban J connectivity index is 1.55. The zero-order chi connectivity index (χ0) is 16.8. The molecule has 0 N–H and O–H groups in total. The molecule has 0 aromatic carbocycles. The molecule has 0 spiro atoms. The topological polar surface area (TPSA) is 41.5 Å². The van der Waals surface area contributed by atoms with Gasteiger partial charge in [0.1, 0.15) is 16.5 Å². The number of hydrogen-bond donors (Lipinski definition) is 0. The monoisotopic (exact) mass is 358 g/mol. The summed E-state index contributed by atoms with van der Waals surface area (Å²) >= 11 is 1.92. The summed E-state index contributed by atoms with van der Waals surface area (Å²) in [6.45, 7) is 9.08. The average molecular weight is 359 g/mol. The lowest BCUT2D eigenvalue weighted by atomic mass is 10.1. The fourth-order valence-electron chi connectivity index (χ4n) is 4.41. The maximum absolute atomic E-state index is 5.48. The summed E-state index contributed by atoms with van der Waals surface area (Å²) < 4.78 is 5.48. The van der Waals surface area contributed by atoms with Crippen molar-refractivity contribution in [1.82, 2.24) is 14.9 Å². The van der Waals surface area contributed by atoms with Gasteiger partial charge in [-0.25, -0.2) is 9.97 Å². The zero-order valence-electron chi connectivity index (χ0n) is 15.0. The van der Waals surface area contributed by atoms with E-state index in [0.717, 1.165) is 57.7 Å². The van der Waals surface area contributed by atoms with Crippen molar-refractivity contribution < 1.29 is 4.74 Å². The summed E-state index contributed by atoms with van der Waals surface area (Å²) in [5.41, 5.74) is 1.55. The first-order valence-electron chi connectivity index (χ1n) is 9.64. The highest BCUT2D eigenvalue weighted by Crippen LogP contribution is 2.41. The number of hydrogen-bond acceptors (Lipinski definition) is 6. The van der Waals surface area contributed by atoms with Gasteiger partial charge in [0, 0.05) is 31.1 Å². The summed E-state index contributed by atoms with van der Waals surface area (Å²) in [6, 6.07) is 0. The Morgan fingerprint density at radius 3 is 2.84 bits per heavy atom. The minimum atomic E-state index is 0.763. The molecule has 2 aromatic rings. The number of fused-ring (bicyclic) bond motifs is 3. The van der Waals surface area contributed by atoms with E-state index < -0.39 is 0 Å². The van der Waals surface area contributed by atoms with Crippen molar-refractivity contribution >= 4 is 27.4 Å². The lowest BCUT2D eigenvalue weighted by molar-refractivity contribution is 0.0331. The minimum absolute atomic E-state index is 0.763. The number of nitrogens with zero attached hydrogens (tertiary/aromatic N) is 4. The normalized spacial score (nSPS) is 24.4. The van der Waals surface area contributed by atoms with Crippen LogP contribution >= 0.6 is 11.3 Å². The van der Waals surface area contributed by atoms with E-state index >= 15 is 0 Å². The van der Waals surface area contributed by atoms with Crippen molar-refractivity contribution in [1.29, 1.82) is 0 Å². The maximum Gasteiger partial charge on any atom is 0.146 e. The van der Waals surface area contributed by atoms with Crippen molar-refractivity contribution in [2.45, 2.75) is 39.2 Å². The van der Waals surface area contributed by atoms with Gasteiger partial charge in [0.15, 0.2) is 0 Å². The van der Waals surface area contributed by atoms with Crippen LogP contribution in [0.1, 0.15) is 36.0 Å². The molecule has 5 rings (SSSR count). The first-order chi connectivity index (χ1) is 12.3. The molecule has 0 unspecified atom stereocenters. The maximum atomic E-state index is 5.48. The first-order valence-corrected chi connectivity index (χ1v) is 10.5. The molecule has 2 saturated heterocycles. The number of anilines is 1. The molecule has 2 aromatic heterocycles. The van der Waals surface area contributed by atoms with Crippen LogP contribution in [0.2, 0.25) is 0 Å². The summed E-state index contributed by atoms with van der Waals surface area (Å²) in [5, 5.41) is 1.37. The van der Waals surface area contributed by atoms with Crippen LogP contribution in [0.4, 0.5) is 5.82 Å². The van der Waals surface area contributed by atoms with E-state index in [4.69, 9.17) is 14.7 Å². The van der Waals surface area contributed by atoms with Crippen LogP contribution in [0, 0.1) is 5.92 Å². The number of ether oxygens (including phenoxy) is 1. The van der Waals surface area contributed by atoms with Crippen molar-refractivity contribution in [3.8, 4) is 0 Å². The molecule has 0 saturated carbocycles. The molecule has 0 bridgehead atoms. The van der Waals surface area contributed by atoms with Crippen LogP contribution in [-0.2, 0) is 24.1 Å². The summed E-state index contributed by atoms with van der Waals surface area (Å²) in [4.78, 5) is 17.8. The number of thiophene rings is 1. The van der Waals surface area contributed by atoms with Crippen molar-refractivity contribution in [2.75, 3.05) is 44.3 Å². The van der Waals surface area contributed by atoms with Gasteiger partial charge in [-0.1, -0.05) is 6.92 Å². The molecule has 2 aliphatic heterocycles. The van der Waals surface area contributed by atoms with Gasteiger partial charge in [-0.2, -0.15) is 0 Å². The van der Waals surface area contributed by atoms with Gasteiger partial charge in [0.05, 0.1) is 25.1 Å². The third kappa shape index (κ3) is 2.94. The molecule has 0 radical (unpaired) electrons. The molecule has 6 heteroatoms. The van der Waals surface area contributed by atoms with Gasteiger partial charge in [0.2, 0.25) is 0 Å². The fourth-order valence-corrected chi connectivity index (χ4v) is 5.68. The lowest BCUT2D eigenvalue weighted by Crippen LogP contribution is -2.36. The third-order valence-corrected chi connectivity index (χ3v) is 6.97. The number of rotatable bonds is 3. The van der Waals surface area contributed by atoms with Crippen molar-refractivity contribution in [3.63, 3.8) is 0 Å². The first kappa shape index (κ1) is 16.0. The third-order valence-electron chi connectivity index (χ3n) is 5.78. The minimum Gasteiger partial charge on any atom is -0.379 e. The molecular weight excluding hydrogens is 332 g/mol. The Morgan fingerprint density at radius 1 is 1.16 bits per heavy atom. The molecule has 3 aliphatic rings. The second kappa shape index (κ2) is 6.49. The highest BCUT2D eigenvalue weighted by molar-refractivity contribution is 7.19. The van der Waals surface area contributed by atoms with E-state index in [1.807, 2.05) is 11.3 Å². The highest BCUT2D eigenvalue weighted by atomic mass is 32.1. The van der Waals surface area contributed by atoms with E-state index in [1.54, 1.807) is 10.4 Å². The molecule has 134 valence electrons. The highest BCUT2D eigenvalue weighted by Gasteiger charge is 2.28. The zero-order valence-corrected chi connectivity index (χ0v) is 15.8. The average Bonchev–Trinajstić information content (AvgIpc) is 3.30. The van der Waals surface area contributed by atoms with Gasteiger partial charge in [-0.15, -0.1) is 11.3 Å². The SMILES string of the molecule is C[C@@H]1CCN(c2nc(CN3CCOCC3)nc3sc4c(c23)CCC4)C1. The number of aryl methyl sites for hydroxylation is 2. The molecule has 25 heavy (non-hydrogen) atoms. The Kier molecular flexibility index (Phi) is 4.14. The van der Waals surface area contributed by atoms with E-state index in [9.17, 15) is 0 Å². The Bertz CT molecular complexity index is 783. The van der Waals surface area contributed by atoms with Crippen molar-refractivity contribution in [2.24, 2.45) is 5.92 Å². The molecular formula is C19H26N4OS. The Labute approximate surface area is 153 Å². The largest absolute Gasteiger partial charge is 0.379 e. The van der Waals surface area contributed by atoms with Gasteiger partial charge in [-0.3, -0.25) is 4.90 Å². The Morgan fingerprint density at radius 2 is 2.04 bits per heavy atom. The quantitative estimate of drug-likeness (QED) is 0.844. The van der Waals surface area contributed by atoms with Crippen LogP contribution < -0.4 is 4.90 Å². The Hall–Kier alpha value is -1.24. The van der Waals surface area contributed by atoms with E-state index in [1.165, 1.54) is 41.7 Å². The van der Waals surface area contributed by atoms with Gasteiger partial charge in [0.25, 0.3) is 0 Å². The number of aromatic nitrogens is 2. The summed E-state index contributed by atoms with van der Waals surface area (Å²) in [6.07, 6.45) is 5.00. The molecule has 1 atom stereocenters. The standard InChI is InChI=1S/C19H26N4OS/c1-13-5-6-23(11-13)18-17-14-3-2-4-15(14)25-19(17)21-16(20-18)12-22-7-9-24-10-8-22/h13H,2-12H2,1H3/t13-/m1/s1. The van der Waals surface area contributed by atoms with Crippen LogP contribution in [0.5, 0.6) is 0 Å². The molecule has 1 aliphatic carbocycles. The molecule has 5 nitrogen and oxygen atoms in total. The van der Waals surface area contributed by atoms with E-state index in [-0.39, 0.29) is 0 Å². The molecule has 4 heterocycles. The fraction of sp³-hybridized carbons (Fsp3) is 0.684. The smallest absolute Gasteiger partial charge is 0.146 e. The number of morpholine rings is 1. The van der Waals surface area contributed by atoms with Crippen LogP contribution in [-0.4, -0.2) is 54.3 Å². The van der Waals surface area contributed by atoms with Crippen LogP contribution in [0.25, 0.3) is 10.2 Å². The summed E-state index contributed by atoms with van der Waals surface area (Å²) in [7, 11) is 0. The molecule has 2 fully saturated rings. The predicted molar refractivity (Wildman–Crippen MR) is 102 cm³/mol. The van der Waals surface area contributed by atoms with Crippen LogP contribution in [0.15, 0.2) is 0 Å². The van der Waals surface area contributed by atoms with Gasteiger partial charge >= 0.3 is 0 Å². The van der Waals surface area contributed by atoms with Gasteiger partial charge < -0.3 is 9.64 Å². The summed E-state index contributed by atoms with van der Waals surface area (Å²) in [5.74, 6) is 2.97. The lowest BCUT2D eigenvalue weighted by Gasteiger charge is -2.26. The predicted octanol–water partition coefficient (Wildman–Crippen LogP) is 2.86.